The highest BCUT2D eigenvalue weighted by Gasteiger charge is 2.25. The van der Waals surface area contributed by atoms with Crippen molar-refractivity contribution in [1.29, 1.82) is 0 Å². The van der Waals surface area contributed by atoms with E-state index >= 15 is 0 Å². The van der Waals surface area contributed by atoms with E-state index in [1.165, 1.54) is 20.3 Å². The molecule has 0 bridgehead atoms. The summed E-state index contributed by atoms with van der Waals surface area (Å²) in [6.45, 7) is 0.467. The second kappa shape index (κ2) is 9.94. The molecule has 0 radical (unpaired) electrons. The maximum atomic E-state index is 12.7. The molecule has 156 valence electrons. The normalized spacial score (nSPS) is 10.4. The Morgan fingerprint density at radius 1 is 1.17 bits per heavy atom. The van der Waals surface area contributed by atoms with Gasteiger partial charge >= 0.3 is 0 Å². The maximum Gasteiger partial charge on any atom is 0.286 e. The van der Waals surface area contributed by atoms with E-state index in [2.05, 4.69) is 5.32 Å². The highest BCUT2D eigenvalue weighted by atomic mass is 35.5. The monoisotopic (exact) mass is 423 g/mol. The molecule has 0 spiro atoms. The third kappa shape index (κ3) is 5.49. The molecule has 2 aromatic carbocycles. The Labute approximate surface area is 173 Å². The van der Waals surface area contributed by atoms with E-state index < -0.39 is 16.5 Å². The number of rotatable bonds is 9. The second-order valence-electron chi connectivity index (χ2n) is 6.13. The summed E-state index contributed by atoms with van der Waals surface area (Å²) in [5, 5.41) is 14.6. The number of nitro benzene ring substituents is 1. The van der Waals surface area contributed by atoms with Crippen LogP contribution >= 0.6 is 11.6 Å². The molecule has 0 heterocycles. The van der Waals surface area contributed by atoms with Crippen molar-refractivity contribution in [2.24, 2.45) is 0 Å². The minimum atomic E-state index is -0.674. The zero-order valence-electron chi connectivity index (χ0n) is 16.5. The average molecular weight is 424 g/mol. The quantitative estimate of drug-likeness (QED) is 0.373. The lowest BCUT2D eigenvalue weighted by Gasteiger charge is -2.16. The minimum absolute atomic E-state index is 0.145. The summed E-state index contributed by atoms with van der Waals surface area (Å²) in [6.07, 6.45) is 0. The molecule has 0 aromatic heterocycles. The maximum absolute atomic E-state index is 12.7. The summed E-state index contributed by atoms with van der Waals surface area (Å²) in [4.78, 5) is 25.4. The number of carbonyl (C=O) groups is 1. The van der Waals surface area contributed by atoms with Gasteiger partial charge < -0.3 is 24.4 Å². The molecule has 1 amide bonds. The van der Waals surface area contributed by atoms with Crippen molar-refractivity contribution < 1.29 is 23.9 Å². The molecule has 0 atom stereocenters. The topological polar surface area (TPSA) is 103 Å². The first-order valence-electron chi connectivity index (χ1n) is 8.54. The van der Waals surface area contributed by atoms with E-state index in [9.17, 15) is 14.9 Å². The Kier molecular flexibility index (Phi) is 7.63. The Hall–Kier alpha value is -3.04. The van der Waals surface area contributed by atoms with Crippen molar-refractivity contribution in [3.05, 3.63) is 51.0 Å². The highest BCUT2D eigenvalue weighted by Crippen LogP contribution is 2.35. The van der Waals surface area contributed by atoms with Gasteiger partial charge in [-0.1, -0.05) is 11.6 Å². The van der Waals surface area contributed by atoms with E-state index in [0.29, 0.717) is 17.3 Å². The number of hydrogen-bond donors (Lipinski definition) is 1. The van der Waals surface area contributed by atoms with Crippen LogP contribution in [0.5, 0.6) is 11.5 Å². The molecule has 1 N–H and O–H groups in total. The molecule has 0 fully saturated rings. The van der Waals surface area contributed by atoms with E-state index in [1.807, 2.05) is 19.0 Å². The number of ether oxygens (including phenoxy) is 3. The van der Waals surface area contributed by atoms with E-state index in [1.54, 1.807) is 18.2 Å². The van der Waals surface area contributed by atoms with Crippen LogP contribution in [-0.2, 0) is 4.74 Å². The standard InChI is InChI=1S/C19H22ClN3O6/c1-22(2)15-6-5-12(9-14(15)20)21-19(24)13-10-17(28-4)18(29-8-7-27-3)11-16(13)23(25)26/h5-6,9-11H,7-8H2,1-4H3,(H,21,24). The van der Waals surface area contributed by atoms with Crippen molar-refractivity contribution in [3.63, 3.8) is 0 Å². The number of nitrogens with one attached hydrogen (secondary N) is 1. The van der Waals surface area contributed by atoms with Crippen molar-refractivity contribution in [1.82, 2.24) is 0 Å². The van der Waals surface area contributed by atoms with Gasteiger partial charge in [-0.2, -0.15) is 0 Å². The number of nitro groups is 1. The molecule has 0 saturated heterocycles. The first-order chi connectivity index (χ1) is 13.8. The molecule has 0 unspecified atom stereocenters. The first kappa shape index (κ1) is 22.3. The van der Waals surface area contributed by atoms with Gasteiger partial charge in [-0.3, -0.25) is 14.9 Å². The predicted octanol–water partition coefficient (Wildman–Crippen LogP) is 3.60. The van der Waals surface area contributed by atoms with Crippen molar-refractivity contribution >= 4 is 34.6 Å². The summed E-state index contributed by atoms with van der Waals surface area (Å²) < 4.78 is 15.6. The van der Waals surface area contributed by atoms with Crippen molar-refractivity contribution in [3.8, 4) is 11.5 Å². The SMILES string of the molecule is COCCOc1cc([N+](=O)[O-])c(C(=O)Nc2ccc(N(C)C)c(Cl)c2)cc1OC. The molecule has 2 rings (SSSR count). The average Bonchev–Trinajstić information content (AvgIpc) is 2.67. The number of halogens is 1. The lowest BCUT2D eigenvalue weighted by molar-refractivity contribution is -0.385. The van der Waals surface area contributed by atoms with Gasteiger partial charge in [-0.05, 0) is 18.2 Å². The zero-order valence-corrected chi connectivity index (χ0v) is 17.3. The van der Waals surface area contributed by atoms with Crippen LogP contribution in [0.2, 0.25) is 5.02 Å². The Morgan fingerprint density at radius 2 is 1.90 bits per heavy atom. The van der Waals surface area contributed by atoms with Crippen LogP contribution in [0.15, 0.2) is 30.3 Å². The van der Waals surface area contributed by atoms with Gasteiger partial charge in [0.1, 0.15) is 12.2 Å². The van der Waals surface area contributed by atoms with Gasteiger partial charge in [0, 0.05) is 33.0 Å². The number of hydrogen-bond acceptors (Lipinski definition) is 7. The molecular weight excluding hydrogens is 402 g/mol. The van der Waals surface area contributed by atoms with Crippen LogP contribution in [0.25, 0.3) is 0 Å². The van der Waals surface area contributed by atoms with Crippen LogP contribution in [0.1, 0.15) is 10.4 Å². The number of nitrogens with zero attached hydrogens (tertiary/aromatic N) is 2. The molecule has 0 aliphatic carbocycles. The molecule has 2 aromatic rings. The molecule has 29 heavy (non-hydrogen) atoms. The van der Waals surface area contributed by atoms with Crippen LogP contribution in [0.3, 0.4) is 0 Å². The van der Waals surface area contributed by atoms with E-state index in [-0.39, 0.29) is 23.7 Å². The van der Waals surface area contributed by atoms with Gasteiger partial charge in [0.2, 0.25) is 0 Å². The number of anilines is 2. The molecule has 10 heteroatoms. The lowest BCUT2D eigenvalue weighted by atomic mass is 10.1. The lowest BCUT2D eigenvalue weighted by Crippen LogP contribution is -2.15. The van der Waals surface area contributed by atoms with Crippen molar-refractivity contribution in [2.75, 3.05) is 51.7 Å². The van der Waals surface area contributed by atoms with Gasteiger partial charge in [0.05, 0.1) is 35.4 Å². The van der Waals surface area contributed by atoms with E-state index in [0.717, 1.165) is 11.8 Å². The third-order valence-electron chi connectivity index (χ3n) is 3.96. The van der Waals surface area contributed by atoms with Gasteiger partial charge in [-0.25, -0.2) is 0 Å². The fourth-order valence-corrected chi connectivity index (χ4v) is 2.88. The smallest absolute Gasteiger partial charge is 0.286 e. The van der Waals surface area contributed by atoms with Crippen LogP contribution in [-0.4, -0.2) is 52.4 Å². The van der Waals surface area contributed by atoms with Crippen molar-refractivity contribution in [2.45, 2.75) is 0 Å². The highest BCUT2D eigenvalue weighted by molar-refractivity contribution is 6.33. The van der Waals surface area contributed by atoms with Crippen LogP contribution in [0.4, 0.5) is 17.1 Å². The first-order valence-corrected chi connectivity index (χ1v) is 8.92. The predicted molar refractivity (Wildman–Crippen MR) is 111 cm³/mol. The fraction of sp³-hybridized carbons (Fsp3) is 0.316. The number of benzene rings is 2. The molecule has 9 nitrogen and oxygen atoms in total. The molecule has 0 aliphatic heterocycles. The second-order valence-corrected chi connectivity index (χ2v) is 6.54. The largest absolute Gasteiger partial charge is 0.493 e. The Bertz CT molecular complexity index is 904. The fourth-order valence-electron chi connectivity index (χ4n) is 2.54. The number of amides is 1. The molecule has 0 saturated carbocycles. The number of carbonyl (C=O) groups excluding carboxylic acids is 1. The Balaban J connectivity index is 2.35. The van der Waals surface area contributed by atoms with Gasteiger partial charge in [0.25, 0.3) is 11.6 Å². The van der Waals surface area contributed by atoms with E-state index in [4.69, 9.17) is 25.8 Å². The van der Waals surface area contributed by atoms with Gasteiger partial charge in [0.15, 0.2) is 11.5 Å². The van der Waals surface area contributed by atoms with Gasteiger partial charge in [-0.15, -0.1) is 0 Å². The van der Waals surface area contributed by atoms with Crippen LogP contribution in [0, 0.1) is 10.1 Å². The minimum Gasteiger partial charge on any atom is -0.493 e. The Morgan fingerprint density at radius 3 is 2.45 bits per heavy atom. The number of methoxy groups -OCH3 is 2. The molecular formula is C19H22ClN3O6. The van der Waals surface area contributed by atoms with Crippen LogP contribution < -0.4 is 19.7 Å². The third-order valence-corrected chi connectivity index (χ3v) is 4.26. The summed E-state index contributed by atoms with van der Waals surface area (Å²) in [5.74, 6) is -0.337. The molecule has 0 aliphatic rings. The summed E-state index contributed by atoms with van der Waals surface area (Å²) in [5.41, 5.74) is 0.597. The zero-order chi connectivity index (χ0) is 21.6. The summed E-state index contributed by atoms with van der Waals surface area (Å²) >= 11 is 6.22. The summed E-state index contributed by atoms with van der Waals surface area (Å²) in [6, 6.07) is 7.39. The summed E-state index contributed by atoms with van der Waals surface area (Å²) in [7, 11) is 6.57.